The Labute approximate surface area is 57.7 Å². The Balaban J connectivity index is 3.16. The third kappa shape index (κ3) is 1.18. The van der Waals surface area contributed by atoms with Gasteiger partial charge in [0.2, 0.25) is 0 Å². The molecule has 0 fully saturated rings. The normalized spacial score (nSPS) is 9.40. The van der Waals surface area contributed by atoms with Crippen molar-refractivity contribution in [1.82, 2.24) is 0 Å². The van der Waals surface area contributed by atoms with Crippen LogP contribution in [0.1, 0.15) is 5.56 Å². The van der Waals surface area contributed by atoms with E-state index in [1.54, 1.807) is 6.92 Å². The van der Waals surface area contributed by atoms with Crippen molar-refractivity contribution in [2.24, 2.45) is 5.18 Å². The molecule has 0 unspecified atom stereocenters. The molecular formula is C7H6FNO. The van der Waals surface area contributed by atoms with E-state index in [1.165, 1.54) is 12.1 Å². The van der Waals surface area contributed by atoms with Gasteiger partial charge in [-0.2, -0.15) is 0 Å². The maximum absolute atomic E-state index is 12.6. The molecule has 0 spiro atoms. The van der Waals surface area contributed by atoms with Crippen molar-refractivity contribution >= 4 is 5.69 Å². The standard InChI is InChI=1S/C7H6FNO/c1-5-2-3-6(9-10)4-7(5)8/h2-4H,1H3. The summed E-state index contributed by atoms with van der Waals surface area (Å²) in [5.74, 6) is -0.392. The van der Waals surface area contributed by atoms with Crippen LogP contribution in [-0.4, -0.2) is 0 Å². The smallest absolute Gasteiger partial charge is 0.128 e. The third-order valence-corrected chi connectivity index (χ3v) is 1.26. The molecule has 1 rings (SSSR count). The van der Waals surface area contributed by atoms with Crippen LogP contribution in [-0.2, 0) is 0 Å². The maximum Gasteiger partial charge on any atom is 0.128 e. The summed E-state index contributed by atoms with van der Waals surface area (Å²) >= 11 is 0. The zero-order chi connectivity index (χ0) is 7.56. The lowest BCUT2D eigenvalue weighted by Gasteiger charge is -1.93. The molecule has 0 radical (unpaired) electrons. The van der Waals surface area contributed by atoms with Crippen LogP contribution in [0.2, 0.25) is 0 Å². The Morgan fingerprint density at radius 2 is 2.20 bits per heavy atom. The highest BCUT2D eigenvalue weighted by atomic mass is 19.1. The fraction of sp³-hybridized carbons (Fsp3) is 0.143. The van der Waals surface area contributed by atoms with Gasteiger partial charge in [-0.05, 0) is 23.7 Å². The molecular weight excluding hydrogens is 133 g/mol. The van der Waals surface area contributed by atoms with Crippen LogP contribution < -0.4 is 0 Å². The largest absolute Gasteiger partial charge is 0.207 e. The van der Waals surface area contributed by atoms with E-state index in [0.29, 0.717) is 5.56 Å². The van der Waals surface area contributed by atoms with E-state index in [-0.39, 0.29) is 5.69 Å². The molecule has 2 nitrogen and oxygen atoms in total. The second kappa shape index (κ2) is 2.56. The van der Waals surface area contributed by atoms with Gasteiger partial charge in [0, 0.05) is 6.07 Å². The Morgan fingerprint density at radius 3 is 2.70 bits per heavy atom. The molecule has 0 saturated heterocycles. The number of benzene rings is 1. The maximum atomic E-state index is 12.6. The van der Waals surface area contributed by atoms with Gasteiger partial charge in [0.1, 0.15) is 11.5 Å². The van der Waals surface area contributed by atoms with E-state index in [4.69, 9.17) is 0 Å². The molecule has 0 saturated carbocycles. The SMILES string of the molecule is Cc1ccc(N=O)cc1F. The Hall–Kier alpha value is -1.25. The van der Waals surface area contributed by atoms with Crippen molar-refractivity contribution in [2.75, 3.05) is 0 Å². The molecule has 1 aromatic carbocycles. The van der Waals surface area contributed by atoms with Crippen LogP contribution in [0.25, 0.3) is 0 Å². The summed E-state index contributed by atoms with van der Waals surface area (Å²) in [4.78, 5) is 9.85. The molecule has 0 N–H and O–H groups in total. The lowest BCUT2D eigenvalue weighted by atomic mass is 10.2. The van der Waals surface area contributed by atoms with E-state index >= 15 is 0 Å². The molecule has 0 aliphatic carbocycles. The summed E-state index contributed by atoms with van der Waals surface area (Å²) in [6, 6.07) is 4.11. The second-order valence-electron chi connectivity index (χ2n) is 2.02. The van der Waals surface area contributed by atoms with Gasteiger partial charge in [-0.25, -0.2) is 4.39 Å². The van der Waals surface area contributed by atoms with Crippen LogP contribution in [0.5, 0.6) is 0 Å². The molecule has 0 atom stereocenters. The highest BCUT2D eigenvalue weighted by molar-refractivity contribution is 5.38. The van der Waals surface area contributed by atoms with E-state index in [2.05, 4.69) is 5.18 Å². The number of nitrogens with zero attached hydrogens (tertiary/aromatic N) is 1. The van der Waals surface area contributed by atoms with Crippen molar-refractivity contribution < 1.29 is 4.39 Å². The molecule has 10 heavy (non-hydrogen) atoms. The molecule has 3 heteroatoms. The van der Waals surface area contributed by atoms with Crippen LogP contribution in [0.3, 0.4) is 0 Å². The Morgan fingerprint density at radius 1 is 1.50 bits per heavy atom. The number of halogens is 1. The molecule has 1 aromatic rings. The van der Waals surface area contributed by atoms with Gasteiger partial charge in [-0.15, -0.1) is 4.91 Å². The monoisotopic (exact) mass is 139 g/mol. The topological polar surface area (TPSA) is 29.4 Å². The predicted octanol–water partition coefficient (Wildman–Crippen LogP) is 2.53. The van der Waals surface area contributed by atoms with E-state index in [0.717, 1.165) is 6.07 Å². The fourth-order valence-corrected chi connectivity index (χ4v) is 0.639. The van der Waals surface area contributed by atoms with Gasteiger partial charge < -0.3 is 0 Å². The molecule has 0 bridgehead atoms. The minimum atomic E-state index is -0.392. The average molecular weight is 139 g/mol. The first-order valence-corrected chi connectivity index (χ1v) is 2.83. The lowest BCUT2D eigenvalue weighted by Crippen LogP contribution is -1.78. The van der Waals surface area contributed by atoms with Crippen molar-refractivity contribution in [1.29, 1.82) is 0 Å². The van der Waals surface area contributed by atoms with Crippen LogP contribution in [0.15, 0.2) is 23.4 Å². The third-order valence-electron chi connectivity index (χ3n) is 1.26. The average Bonchev–Trinajstić information content (AvgIpc) is 1.95. The summed E-state index contributed by atoms with van der Waals surface area (Å²) < 4.78 is 12.6. The van der Waals surface area contributed by atoms with Gasteiger partial charge in [0.05, 0.1) is 0 Å². The molecule has 0 aliphatic rings. The van der Waals surface area contributed by atoms with Crippen molar-refractivity contribution in [2.45, 2.75) is 6.92 Å². The van der Waals surface area contributed by atoms with E-state index in [9.17, 15) is 9.30 Å². The molecule has 0 aromatic heterocycles. The number of hydrogen-bond donors (Lipinski definition) is 0. The molecule has 0 heterocycles. The van der Waals surface area contributed by atoms with Gasteiger partial charge in [0.25, 0.3) is 0 Å². The zero-order valence-corrected chi connectivity index (χ0v) is 5.47. The fourth-order valence-electron chi connectivity index (χ4n) is 0.639. The quantitative estimate of drug-likeness (QED) is 0.549. The number of hydrogen-bond acceptors (Lipinski definition) is 2. The Kier molecular flexibility index (Phi) is 1.76. The summed E-state index contributed by atoms with van der Waals surface area (Å²) in [7, 11) is 0. The first-order valence-electron chi connectivity index (χ1n) is 2.83. The highest BCUT2D eigenvalue weighted by Crippen LogP contribution is 2.15. The second-order valence-corrected chi connectivity index (χ2v) is 2.02. The first-order chi connectivity index (χ1) is 4.74. The number of aryl methyl sites for hydroxylation is 1. The highest BCUT2D eigenvalue weighted by Gasteiger charge is 1.97. The zero-order valence-electron chi connectivity index (χ0n) is 5.47. The van der Waals surface area contributed by atoms with Crippen LogP contribution in [0.4, 0.5) is 10.1 Å². The predicted molar refractivity (Wildman–Crippen MR) is 36.6 cm³/mol. The summed E-state index contributed by atoms with van der Waals surface area (Å²) in [6.45, 7) is 1.63. The van der Waals surface area contributed by atoms with Gasteiger partial charge >= 0.3 is 0 Å². The first kappa shape index (κ1) is 6.86. The van der Waals surface area contributed by atoms with E-state index in [1.807, 2.05) is 0 Å². The lowest BCUT2D eigenvalue weighted by molar-refractivity contribution is 0.619. The van der Waals surface area contributed by atoms with Crippen molar-refractivity contribution in [3.63, 3.8) is 0 Å². The summed E-state index contributed by atoms with van der Waals surface area (Å²) in [6.07, 6.45) is 0. The van der Waals surface area contributed by atoms with Crippen molar-refractivity contribution in [3.8, 4) is 0 Å². The van der Waals surface area contributed by atoms with Crippen molar-refractivity contribution in [3.05, 3.63) is 34.5 Å². The van der Waals surface area contributed by atoms with Crippen LogP contribution in [0, 0.1) is 17.6 Å². The summed E-state index contributed by atoms with van der Waals surface area (Å²) in [5, 5.41) is 2.58. The minimum absolute atomic E-state index is 0.128. The number of nitroso groups, excluding NO2 is 1. The molecule has 0 aliphatic heterocycles. The minimum Gasteiger partial charge on any atom is -0.207 e. The van der Waals surface area contributed by atoms with Gasteiger partial charge in [-0.3, -0.25) is 0 Å². The van der Waals surface area contributed by atoms with Gasteiger partial charge in [0.15, 0.2) is 0 Å². The summed E-state index contributed by atoms with van der Waals surface area (Å²) in [5.41, 5.74) is 0.649. The van der Waals surface area contributed by atoms with Crippen LogP contribution >= 0.6 is 0 Å². The Bertz CT molecular complexity index is 260. The van der Waals surface area contributed by atoms with E-state index < -0.39 is 5.82 Å². The molecule has 52 valence electrons. The number of rotatable bonds is 1. The molecule has 0 amide bonds. The van der Waals surface area contributed by atoms with Gasteiger partial charge in [-0.1, -0.05) is 6.07 Å².